The molecule has 1 atom stereocenters. The molecular formula is C9H11ClFN3O. The molecule has 82 valence electrons. The lowest BCUT2D eigenvalue weighted by Crippen LogP contribution is -2.33. The Bertz CT molecular complexity index is 357. The highest BCUT2D eigenvalue weighted by Crippen LogP contribution is 2.21. The smallest absolute Gasteiger partial charge is 0.224 e. The Morgan fingerprint density at radius 3 is 3.13 bits per heavy atom. The Hall–Kier alpha value is -0.940. The number of ether oxygens (including phenoxy) is 1. The van der Waals surface area contributed by atoms with Crippen LogP contribution in [0.3, 0.4) is 0 Å². The van der Waals surface area contributed by atoms with Crippen LogP contribution in [-0.4, -0.2) is 36.3 Å². The molecule has 0 aromatic carbocycles. The first-order valence-corrected chi connectivity index (χ1v) is 5.05. The summed E-state index contributed by atoms with van der Waals surface area (Å²) >= 11 is 5.62. The van der Waals surface area contributed by atoms with Gasteiger partial charge in [-0.3, -0.25) is 0 Å². The second-order valence-electron chi connectivity index (χ2n) is 3.44. The average Bonchev–Trinajstić information content (AvgIpc) is 2.74. The molecule has 0 spiro atoms. The van der Waals surface area contributed by atoms with Crippen LogP contribution in [0.25, 0.3) is 0 Å². The van der Waals surface area contributed by atoms with Crippen LogP contribution in [0.5, 0.6) is 0 Å². The Kier molecular flexibility index (Phi) is 3.02. The van der Waals surface area contributed by atoms with Gasteiger partial charge in [0, 0.05) is 13.7 Å². The van der Waals surface area contributed by atoms with Crippen LogP contribution >= 0.6 is 11.6 Å². The Balaban J connectivity index is 2.23. The first-order valence-electron chi connectivity index (χ1n) is 4.67. The monoisotopic (exact) mass is 231 g/mol. The molecule has 1 aromatic heterocycles. The molecule has 1 unspecified atom stereocenters. The maximum atomic E-state index is 13.4. The molecule has 0 amide bonds. The van der Waals surface area contributed by atoms with Gasteiger partial charge in [-0.1, -0.05) is 0 Å². The predicted molar refractivity (Wildman–Crippen MR) is 54.6 cm³/mol. The third kappa shape index (κ3) is 2.18. The minimum atomic E-state index is -0.464. The molecule has 1 aromatic rings. The standard InChI is InChI=1S/C9H11ClFN3O/c1-14(6-2-3-15-5-6)8-7(11)4-12-9(10)13-8/h4,6H,2-3,5H2,1H3. The summed E-state index contributed by atoms with van der Waals surface area (Å²) in [6.07, 6.45) is 1.95. The van der Waals surface area contributed by atoms with E-state index in [2.05, 4.69) is 9.97 Å². The van der Waals surface area contributed by atoms with Crippen LogP contribution in [0.1, 0.15) is 6.42 Å². The molecule has 1 aliphatic heterocycles. The first kappa shape index (κ1) is 10.6. The third-order valence-corrected chi connectivity index (χ3v) is 2.67. The van der Waals surface area contributed by atoms with Gasteiger partial charge in [0.15, 0.2) is 11.6 Å². The zero-order valence-electron chi connectivity index (χ0n) is 8.28. The van der Waals surface area contributed by atoms with E-state index in [0.29, 0.717) is 13.2 Å². The van der Waals surface area contributed by atoms with E-state index in [1.165, 1.54) is 0 Å². The van der Waals surface area contributed by atoms with Crippen LogP contribution in [0.15, 0.2) is 6.20 Å². The van der Waals surface area contributed by atoms with Gasteiger partial charge in [0.2, 0.25) is 5.28 Å². The molecule has 2 heterocycles. The number of hydrogen-bond donors (Lipinski definition) is 0. The normalized spacial score (nSPS) is 20.6. The first-order chi connectivity index (χ1) is 7.18. The van der Waals surface area contributed by atoms with Crippen molar-refractivity contribution in [2.45, 2.75) is 12.5 Å². The summed E-state index contributed by atoms with van der Waals surface area (Å²) < 4.78 is 18.6. The van der Waals surface area contributed by atoms with Crippen LogP contribution in [0.4, 0.5) is 10.2 Å². The fourth-order valence-corrected chi connectivity index (χ4v) is 1.71. The van der Waals surface area contributed by atoms with Crippen molar-refractivity contribution in [3.63, 3.8) is 0 Å². The van der Waals surface area contributed by atoms with E-state index in [1.54, 1.807) is 11.9 Å². The predicted octanol–water partition coefficient (Wildman–Crippen LogP) is 1.49. The average molecular weight is 232 g/mol. The van der Waals surface area contributed by atoms with Crippen molar-refractivity contribution in [2.75, 3.05) is 25.2 Å². The molecule has 1 fully saturated rings. The van der Waals surface area contributed by atoms with Gasteiger partial charge >= 0.3 is 0 Å². The highest BCUT2D eigenvalue weighted by Gasteiger charge is 2.23. The van der Waals surface area contributed by atoms with E-state index in [1.807, 2.05) is 0 Å². The van der Waals surface area contributed by atoms with Gasteiger partial charge in [0.25, 0.3) is 0 Å². The Labute approximate surface area is 92.0 Å². The zero-order valence-corrected chi connectivity index (χ0v) is 9.04. The van der Waals surface area contributed by atoms with Crippen molar-refractivity contribution < 1.29 is 9.13 Å². The summed E-state index contributed by atoms with van der Waals surface area (Å²) in [5, 5.41) is 0.0529. The molecule has 4 nitrogen and oxygen atoms in total. The zero-order chi connectivity index (χ0) is 10.8. The maximum absolute atomic E-state index is 13.4. The van der Waals surface area contributed by atoms with Crippen molar-refractivity contribution >= 4 is 17.4 Å². The minimum absolute atomic E-state index is 0.0529. The van der Waals surface area contributed by atoms with Gasteiger partial charge in [-0.25, -0.2) is 9.37 Å². The van der Waals surface area contributed by atoms with Crippen molar-refractivity contribution in [2.24, 2.45) is 0 Å². The molecule has 0 radical (unpaired) electrons. The van der Waals surface area contributed by atoms with Gasteiger partial charge in [-0.2, -0.15) is 4.98 Å². The Morgan fingerprint density at radius 1 is 1.67 bits per heavy atom. The van der Waals surface area contributed by atoms with Crippen molar-refractivity contribution in [1.29, 1.82) is 0 Å². The molecule has 6 heteroatoms. The van der Waals surface area contributed by atoms with E-state index in [4.69, 9.17) is 16.3 Å². The van der Waals surface area contributed by atoms with Crippen LogP contribution < -0.4 is 4.90 Å². The van der Waals surface area contributed by atoms with Gasteiger partial charge in [-0.05, 0) is 18.0 Å². The number of likely N-dealkylation sites (N-methyl/N-ethyl adjacent to an activating group) is 1. The number of nitrogens with zero attached hydrogens (tertiary/aromatic N) is 3. The van der Waals surface area contributed by atoms with Gasteiger partial charge in [0.1, 0.15) is 0 Å². The molecule has 15 heavy (non-hydrogen) atoms. The fraction of sp³-hybridized carbons (Fsp3) is 0.556. The number of rotatable bonds is 2. The molecule has 0 N–H and O–H groups in total. The molecule has 1 aliphatic rings. The molecule has 2 rings (SSSR count). The lowest BCUT2D eigenvalue weighted by Gasteiger charge is -2.24. The van der Waals surface area contributed by atoms with Crippen molar-refractivity contribution in [3.8, 4) is 0 Å². The summed E-state index contributed by atoms with van der Waals surface area (Å²) in [6, 6.07) is 0.158. The Morgan fingerprint density at radius 2 is 2.47 bits per heavy atom. The summed E-state index contributed by atoms with van der Waals surface area (Å²) in [4.78, 5) is 9.18. The number of hydrogen-bond acceptors (Lipinski definition) is 4. The fourth-order valence-electron chi connectivity index (χ4n) is 1.59. The quantitative estimate of drug-likeness (QED) is 0.723. The highest BCUT2D eigenvalue weighted by atomic mass is 35.5. The van der Waals surface area contributed by atoms with E-state index in [-0.39, 0.29) is 17.1 Å². The second kappa shape index (κ2) is 4.28. The van der Waals surface area contributed by atoms with Crippen LogP contribution in [0, 0.1) is 5.82 Å². The lowest BCUT2D eigenvalue weighted by molar-refractivity contribution is 0.193. The summed E-state index contributed by atoms with van der Waals surface area (Å²) in [6.45, 7) is 1.30. The van der Waals surface area contributed by atoms with Gasteiger partial charge in [-0.15, -0.1) is 0 Å². The van der Waals surface area contributed by atoms with Crippen molar-refractivity contribution in [3.05, 3.63) is 17.3 Å². The summed E-state index contributed by atoms with van der Waals surface area (Å²) in [5.41, 5.74) is 0. The summed E-state index contributed by atoms with van der Waals surface area (Å²) in [5.74, 6) is -0.237. The largest absolute Gasteiger partial charge is 0.379 e. The summed E-state index contributed by atoms with van der Waals surface area (Å²) in [7, 11) is 1.78. The molecular weight excluding hydrogens is 221 g/mol. The van der Waals surface area contributed by atoms with E-state index in [9.17, 15) is 4.39 Å². The molecule has 0 bridgehead atoms. The topological polar surface area (TPSA) is 38.2 Å². The highest BCUT2D eigenvalue weighted by molar-refractivity contribution is 6.28. The number of halogens is 2. The van der Waals surface area contributed by atoms with Crippen LogP contribution in [0.2, 0.25) is 5.28 Å². The lowest BCUT2D eigenvalue weighted by atomic mass is 10.2. The number of anilines is 1. The third-order valence-electron chi connectivity index (χ3n) is 2.48. The van der Waals surface area contributed by atoms with E-state index in [0.717, 1.165) is 12.6 Å². The minimum Gasteiger partial charge on any atom is -0.379 e. The molecule has 0 aliphatic carbocycles. The SMILES string of the molecule is CN(c1nc(Cl)ncc1F)C1CCOC1. The van der Waals surface area contributed by atoms with Crippen LogP contribution in [-0.2, 0) is 4.74 Å². The molecule has 0 saturated carbocycles. The maximum Gasteiger partial charge on any atom is 0.224 e. The van der Waals surface area contributed by atoms with Crippen molar-refractivity contribution in [1.82, 2.24) is 9.97 Å². The second-order valence-corrected chi connectivity index (χ2v) is 3.78. The van der Waals surface area contributed by atoms with E-state index >= 15 is 0 Å². The van der Waals surface area contributed by atoms with E-state index < -0.39 is 5.82 Å². The molecule has 1 saturated heterocycles. The van der Waals surface area contributed by atoms with Gasteiger partial charge < -0.3 is 9.64 Å². The number of aromatic nitrogens is 2. The van der Waals surface area contributed by atoms with Gasteiger partial charge in [0.05, 0.1) is 18.8 Å².